The SMILES string of the molecule is CC1=C(C)[C@]2(C)[C@H](C)[C@@](C)(OC(=O)c3ccc(Br)cc3)[C@@]12C. The molecule has 0 spiro atoms. The van der Waals surface area contributed by atoms with Crippen LogP contribution >= 0.6 is 15.9 Å². The van der Waals surface area contributed by atoms with Crippen LogP contribution in [0.25, 0.3) is 0 Å². The molecular formula is C19H23BrO2. The van der Waals surface area contributed by atoms with Crippen molar-refractivity contribution in [1.29, 1.82) is 0 Å². The summed E-state index contributed by atoms with van der Waals surface area (Å²) >= 11 is 3.39. The molecule has 1 aromatic carbocycles. The van der Waals surface area contributed by atoms with Gasteiger partial charge in [0.1, 0.15) is 5.60 Å². The van der Waals surface area contributed by atoms with Gasteiger partial charge in [-0.3, -0.25) is 0 Å². The average Bonchev–Trinajstić information content (AvgIpc) is 2.51. The molecule has 0 bridgehead atoms. The molecule has 0 N–H and O–H groups in total. The molecule has 0 radical (unpaired) electrons. The van der Waals surface area contributed by atoms with E-state index in [1.54, 1.807) is 12.1 Å². The van der Waals surface area contributed by atoms with Gasteiger partial charge in [0, 0.05) is 21.2 Å². The Balaban J connectivity index is 1.90. The van der Waals surface area contributed by atoms with Crippen LogP contribution in [-0.2, 0) is 4.74 Å². The number of esters is 1. The lowest BCUT2D eigenvalue weighted by atomic mass is 9.27. The first-order valence-electron chi connectivity index (χ1n) is 7.78. The number of fused-ring (bicyclic) bond motifs is 1. The Morgan fingerprint density at radius 3 is 2.18 bits per heavy atom. The van der Waals surface area contributed by atoms with E-state index in [0.717, 1.165) is 4.47 Å². The molecule has 3 heteroatoms. The monoisotopic (exact) mass is 362 g/mol. The summed E-state index contributed by atoms with van der Waals surface area (Å²) in [6.45, 7) is 13.2. The minimum Gasteiger partial charge on any atom is -0.454 e. The molecule has 2 aliphatic rings. The van der Waals surface area contributed by atoms with E-state index in [1.807, 2.05) is 12.1 Å². The van der Waals surface area contributed by atoms with Gasteiger partial charge in [0.25, 0.3) is 0 Å². The molecular weight excluding hydrogens is 340 g/mol. The van der Waals surface area contributed by atoms with Crippen LogP contribution in [0, 0.1) is 16.7 Å². The number of carbonyl (C=O) groups excluding carboxylic acids is 1. The molecule has 1 fully saturated rings. The molecule has 4 atom stereocenters. The Kier molecular flexibility index (Phi) is 3.21. The summed E-state index contributed by atoms with van der Waals surface area (Å²) in [6.07, 6.45) is 0. The molecule has 0 amide bonds. The summed E-state index contributed by atoms with van der Waals surface area (Å²) in [6, 6.07) is 7.34. The summed E-state index contributed by atoms with van der Waals surface area (Å²) in [4.78, 5) is 12.6. The minimum atomic E-state index is -0.449. The first-order chi connectivity index (χ1) is 10.1. The third kappa shape index (κ3) is 1.49. The van der Waals surface area contributed by atoms with Gasteiger partial charge in [0.05, 0.1) is 5.56 Å². The highest BCUT2D eigenvalue weighted by atomic mass is 79.9. The highest BCUT2D eigenvalue weighted by Crippen LogP contribution is 2.80. The molecule has 1 saturated carbocycles. The number of hydrogen-bond donors (Lipinski definition) is 0. The van der Waals surface area contributed by atoms with Gasteiger partial charge in [-0.25, -0.2) is 4.79 Å². The number of halogens is 1. The molecule has 0 unspecified atom stereocenters. The van der Waals surface area contributed by atoms with E-state index in [2.05, 4.69) is 57.5 Å². The topological polar surface area (TPSA) is 26.3 Å². The van der Waals surface area contributed by atoms with Crippen LogP contribution in [0.15, 0.2) is 39.9 Å². The second-order valence-electron chi connectivity index (χ2n) is 7.30. The Bertz CT molecular complexity index is 690. The fraction of sp³-hybridized carbons (Fsp3) is 0.526. The highest BCUT2D eigenvalue weighted by molar-refractivity contribution is 9.10. The Labute approximate surface area is 141 Å². The van der Waals surface area contributed by atoms with Crippen molar-refractivity contribution in [3.8, 4) is 0 Å². The van der Waals surface area contributed by atoms with Crippen molar-refractivity contribution >= 4 is 21.9 Å². The maximum atomic E-state index is 12.6. The molecule has 2 aliphatic carbocycles. The van der Waals surface area contributed by atoms with Gasteiger partial charge in [-0.1, -0.05) is 47.8 Å². The van der Waals surface area contributed by atoms with E-state index in [1.165, 1.54) is 11.1 Å². The van der Waals surface area contributed by atoms with Gasteiger partial charge in [0.2, 0.25) is 0 Å². The molecule has 0 aromatic heterocycles. The summed E-state index contributed by atoms with van der Waals surface area (Å²) in [5, 5.41) is 0. The standard InChI is InChI=1S/C19H23BrO2/c1-11-12(2)18(5)17(11,4)13(3)19(18,6)22-16(21)14-7-9-15(20)10-8-14/h7-10,13H,1-6H3/t13-,17+,18-,19+/m0/s1. The number of ether oxygens (including phenoxy) is 1. The van der Waals surface area contributed by atoms with Crippen LogP contribution in [0.3, 0.4) is 0 Å². The fourth-order valence-corrected chi connectivity index (χ4v) is 5.31. The minimum absolute atomic E-state index is 0.0610. The van der Waals surface area contributed by atoms with Gasteiger partial charge in [0.15, 0.2) is 0 Å². The normalized spacial score (nSPS) is 39.7. The van der Waals surface area contributed by atoms with Crippen molar-refractivity contribution in [2.75, 3.05) is 0 Å². The lowest BCUT2D eigenvalue weighted by Gasteiger charge is -2.78. The van der Waals surface area contributed by atoms with E-state index in [-0.39, 0.29) is 16.8 Å². The Morgan fingerprint density at radius 2 is 1.64 bits per heavy atom. The molecule has 118 valence electrons. The van der Waals surface area contributed by atoms with E-state index in [4.69, 9.17) is 4.74 Å². The van der Waals surface area contributed by atoms with E-state index < -0.39 is 5.60 Å². The summed E-state index contributed by atoms with van der Waals surface area (Å²) in [5.41, 5.74) is 3.07. The van der Waals surface area contributed by atoms with Crippen LogP contribution in [-0.4, -0.2) is 11.6 Å². The Hall–Kier alpha value is -1.09. The predicted molar refractivity (Wildman–Crippen MR) is 91.7 cm³/mol. The Morgan fingerprint density at radius 1 is 1.09 bits per heavy atom. The summed E-state index contributed by atoms with van der Waals surface area (Å²) in [7, 11) is 0. The van der Waals surface area contributed by atoms with Crippen molar-refractivity contribution in [2.24, 2.45) is 16.7 Å². The zero-order valence-corrected chi connectivity index (χ0v) is 15.7. The molecule has 2 nitrogen and oxygen atoms in total. The quantitative estimate of drug-likeness (QED) is 0.521. The summed E-state index contributed by atoms with van der Waals surface area (Å²) < 4.78 is 7.00. The zero-order valence-electron chi connectivity index (χ0n) is 14.1. The molecule has 0 heterocycles. The zero-order chi connectivity index (χ0) is 16.5. The maximum absolute atomic E-state index is 12.6. The van der Waals surface area contributed by atoms with Gasteiger partial charge >= 0.3 is 5.97 Å². The first kappa shape index (κ1) is 15.8. The average molecular weight is 363 g/mol. The molecule has 3 rings (SSSR count). The molecule has 0 aliphatic heterocycles. The van der Waals surface area contributed by atoms with Gasteiger partial charge in [-0.15, -0.1) is 0 Å². The number of hydrogen-bond acceptors (Lipinski definition) is 2. The van der Waals surface area contributed by atoms with Gasteiger partial charge < -0.3 is 4.74 Å². The van der Waals surface area contributed by atoms with Gasteiger partial charge in [-0.05, 0) is 45.0 Å². The smallest absolute Gasteiger partial charge is 0.338 e. The van der Waals surface area contributed by atoms with Crippen LogP contribution in [0.4, 0.5) is 0 Å². The number of benzene rings is 1. The van der Waals surface area contributed by atoms with Crippen molar-refractivity contribution in [3.05, 3.63) is 45.4 Å². The summed E-state index contributed by atoms with van der Waals surface area (Å²) in [5.74, 6) is 0.0792. The fourth-order valence-electron chi connectivity index (χ4n) is 5.05. The largest absolute Gasteiger partial charge is 0.454 e. The van der Waals surface area contributed by atoms with Crippen molar-refractivity contribution < 1.29 is 9.53 Å². The molecule has 1 aromatic rings. The third-order valence-electron chi connectivity index (χ3n) is 7.20. The second-order valence-corrected chi connectivity index (χ2v) is 8.22. The number of allylic oxidation sites excluding steroid dienone is 1. The van der Waals surface area contributed by atoms with E-state index >= 15 is 0 Å². The highest BCUT2D eigenvalue weighted by Gasteiger charge is 2.80. The van der Waals surface area contributed by atoms with Crippen molar-refractivity contribution in [1.82, 2.24) is 0 Å². The van der Waals surface area contributed by atoms with Crippen LogP contribution in [0.5, 0.6) is 0 Å². The van der Waals surface area contributed by atoms with Crippen molar-refractivity contribution in [2.45, 2.75) is 47.1 Å². The van der Waals surface area contributed by atoms with Crippen LogP contribution < -0.4 is 0 Å². The van der Waals surface area contributed by atoms with Crippen molar-refractivity contribution in [3.63, 3.8) is 0 Å². The number of rotatable bonds is 2. The lowest BCUT2D eigenvalue weighted by molar-refractivity contribution is -0.276. The molecule has 0 saturated heterocycles. The first-order valence-corrected chi connectivity index (χ1v) is 8.57. The maximum Gasteiger partial charge on any atom is 0.338 e. The van der Waals surface area contributed by atoms with Gasteiger partial charge in [-0.2, -0.15) is 0 Å². The molecule has 22 heavy (non-hydrogen) atoms. The number of carbonyl (C=O) groups is 1. The van der Waals surface area contributed by atoms with Crippen LogP contribution in [0.1, 0.15) is 51.9 Å². The second kappa shape index (κ2) is 4.47. The van der Waals surface area contributed by atoms with E-state index in [9.17, 15) is 4.79 Å². The predicted octanol–water partition coefficient (Wildman–Crippen LogP) is 5.38. The van der Waals surface area contributed by atoms with Crippen LogP contribution in [0.2, 0.25) is 0 Å². The van der Waals surface area contributed by atoms with E-state index in [0.29, 0.717) is 11.5 Å². The third-order valence-corrected chi connectivity index (χ3v) is 7.73. The lowest BCUT2D eigenvalue weighted by Crippen LogP contribution is -2.79.